The molecule has 1 heterocycles. The van der Waals surface area contributed by atoms with Gasteiger partial charge in [0.1, 0.15) is 6.04 Å². The van der Waals surface area contributed by atoms with Crippen LogP contribution in [-0.4, -0.2) is 37.3 Å². The van der Waals surface area contributed by atoms with E-state index >= 15 is 0 Å². The quantitative estimate of drug-likeness (QED) is 0.697. The third-order valence-corrected chi connectivity index (χ3v) is 6.66. The molecule has 3 rings (SSSR count). The van der Waals surface area contributed by atoms with Crippen molar-refractivity contribution in [2.75, 3.05) is 19.4 Å². The van der Waals surface area contributed by atoms with E-state index in [9.17, 15) is 18.0 Å². The van der Waals surface area contributed by atoms with Gasteiger partial charge in [0.15, 0.2) is 0 Å². The lowest BCUT2D eigenvalue weighted by molar-refractivity contribution is -0.118. The highest BCUT2D eigenvalue weighted by Gasteiger charge is 2.20. The number of anilines is 1. The number of hydrogen-bond acceptors (Lipinski definition) is 4. The highest BCUT2D eigenvalue weighted by atomic mass is 32.2. The molecule has 152 valence electrons. The molecular weight excluding hydrogens is 390 g/mol. The minimum Gasteiger partial charge on any atom is -0.324 e. The Labute approximate surface area is 169 Å². The Hall–Kier alpha value is -2.97. The van der Waals surface area contributed by atoms with Gasteiger partial charge < -0.3 is 5.32 Å². The van der Waals surface area contributed by atoms with E-state index in [1.54, 1.807) is 6.92 Å². The molecule has 0 bridgehead atoms. The van der Waals surface area contributed by atoms with Crippen LogP contribution in [0.3, 0.4) is 0 Å². The highest BCUT2D eigenvalue weighted by molar-refractivity contribution is 7.89. The van der Waals surface area contributed by atoms with Gasteiger partial charge in [-0.2, -0.15) is 0 Å². The summed E-state index contributed by atoms with van der Waals surface area (Å²) in [6.45, 7) is 3.52. The number of rotatable bonds is 5. The van der Waals surface area contributed by atoms with Crippen molar-refractivity contribution in [2.24, 2.45) is 0 Å². The Balaban J connectivity index is 1.89. The zero-order chi connectivity index (χ0) is 21.3. The number of nitrogens with one attached hydrogen (secondary N) is 1. The second-order valence-corrected chi connectivity index (χ2v) is 9.18. The van der Waals surface area contributed by atoms with E-state index in [2.05, 4.69) is 5.32 Å². The molecule has 1 aromatic heterocycles. The molecule has 0 radical (unpaired) electrons. The molecular formula is C21H23N3O4S. The highest BCUT2D eigenvalue weighted by Crippen LogP contribution is 2.21. The third kappa shape index (κ3) is 3.94. The summed E-state index contributed by atoms with van der Waals surface area (Å²) in [5.74, 6) is -0.371. The number of hydrogen-bond donors (Lipinski definition) is 1. The molecule has 1 N–H and O–H groups in total. The topological polar surface area (TPSA) is 88.5 Å². The number of sulfonamides is 1. The Kier molecular flexibility index (Phi) is 5.59. The van der Waals surface area contributed by atoms with E-state index in [1.165, 1.54) is 49.0 Å². The van der Waals surface area contributed by atoms with Crippen LogP contribution >= 0.6 is 0 Å². The summed E-state index contributed by atoms with van der Waals surface area (Å²) >= 11 is 0. The average molecular weight is 413 g/mol. The summed E-state index contributed by atoms with van der Waals surface area (Å²) in [4.78, 5) is 25.5. The van der Waals surface area contributed by atoms with Crippen LogP contribution in [0.15, 0.2) is 64.3 Å². The minimum absolute atomic E-state index is 0.134. The maximum atomic E-state index is 12.8. The average Bonchev–Trinajstić information content (AvgIpc) is 2.68. The number of amides is 1. The van der Waals surface area contributed by atoms with E-state index < -0.39 is 16.1 Å². The molecule has 1 unspecified atom stereocenters. The summed E-state index contributed by atoms with van der Waals surface area (Å²) in [5, 5.41) is 3.65. The molecule has 1 amide bonds. The predicted molar refractivity (Wildman–Crippen MR) is 114 cm³/mol. The molecule has 0 fully saturated rings. The molecule has 0 aliphatic rings. The fourth-order valence-electron chi connectivity index (χ4n) is 3.15. The minimum atomic E-state index is -3.54. The van der Waals surface area contributed by atoms with Crippen LogP contribution in [0.4, 0.5) is 5.69 Å². The standard InChI is InChI=1S/C21H23N3O4S/c1-14-13-20(25)24(19-8-6-5-7-18(14)19)15(2)21(26)22-16-9-11-17(12-10-16)29(27,28)23(3)4/h5-13,15H,1-4H3,(H,22,26). The lowest BCUT2D eigenvalue weighted by Gasteiger charge is -2.19. The van der Waals surface area contributed by atoms with Gasteiger partial charge in [-0.25, -0.2) is 12.7 Å². The van der Waals surface area contributed by atoms with Crippen molar-refractivity contribution >= 4 is 32.5 Å². The number of fused-ring (bicyclic) bond motifs is 1. The third-order valence-electron chi connectivity index (χ3n) is 4.83. The summed E-state index contributed by atoms with van der Waals surface area (Å²) in [6, 6.07) is 14.1. The van der Waals surface area contributed by atoms with Gasteiger partial charge in [0.25, 0.3) is 5.56 Å². The Morgan fingerprint density at radius 3 is 2.31 bits per heavy atom. The molecule has 8 heteroatoms. The lowest BCUT2D eigenvalue weighted by atomic mass is 10.1. The van der Waals surface area contributed by atoms with Crippen molar-refractivity contribution in [3.05, 3.63) is 70.5 Å². The Morgan fingerprint density at radius 2 is 1.69 bits per heavy atom. The van der Waals surface area contributed by atoms with E-state index in [0.29, 0.717) is 11.2 Å². The van der Waals surface area contributed by atoms with Crippen molar-refractivity contribution in [3.63, 3.8) is 0 Å². The zero-order valence-corrected chi connectivity index (χ0v) is 17.5. The second-order valence-electron chi connectivity index (χ2n) is 7.03. The van der Waals surface area contributed by atoms with Crippen molar-refractivity contribution in [2.45, 2.75) is 24.8 Å². The van der Waals surface area contributed by atoms with Crippen molar-refractivity contribution in [3.8, 4) is 0 Å². The van der Waals surface area contributed by atoms with Crippen LogP contribution in [0.5, 0.6) is 0 Å². The van der Waals surface area contributed by atoms with Crippen molar-refractivity contribution in [1.82, 2.24) is 8.87 Å². The first-order chi connectivity index (χ1) is 13.6. The van der Waals surface area contributed by atoms with Crippen molar-refractivity contribution < 1.29 is 13.2 Å². The molecule has 3 aromatic rings. The molecule has 1 atom stereocenters. The summed E-state index contributed by atoms with van der Waals surface area (Å²) in [7, 11) is -0.631. The first kappa shape index (κ1) is 20.8. The SMILES string of the molecule is Cc1cc(=O)n(C(C)C(=O)Nc2ccc(S(=O)(=O)N(C)C)cc2)c2ccccc12. The first-order valence-corrected chi connectivity index (χ1v) is 10.5. The fourth-order valence-corrected chi connectivity index (χ4v) is 4.05. The molecule has 0 saturated heterocycles. The van der Waals surface area contributed by atoms with Gasteiger partial charge in [0.05, 0.1) is 10.4 Å². The van der Waals surface area contributed by atoms with Crippen LogP contribution in [0, 0.1) is 6.92 Å². The van der Waals surface area contributed by atoms with E-state index in [0.717, 1.165) is 15.3 Å². The van der Waals surface area contributed by atoms with Gasteiger partial charge in [-0.3, -0.25) is 14.2 Å². The second kappa shape index (κ2) is 7.81. The maximum absolute atomic E-state index is 12.8. The number of carbonyl (C=O) groups excluding carboxylic acids is 1. The lowest BCUT2D eigenvalue weighted by Crippen LogP contribution is -2.31. The van der Waals surface area contributed by atoms with Gasteiger partial charge in [-0.05, 0) is 49.7 Å². The van der Waals surface area contributed by atoms with Gasteiger partial charge >= 0.3 is 0 Å². The van der Waals surface area contributed by atoms with Crippen LogP contribution in [0.25, 0.3) is 10.9 Å². The summed E-state index contributed by atoms with van der Waals surface area (Å²) in [5.41, 5.74) is 1.74. The molecule has 0 aliphatic carbocycles. The molecule has 0 saturated carbocycles. The summed E-state index contributed by atoms with van der Waals surface area (Å²) < 4.78 is 26.9. The first-order valence-electron chi connectivity index (χ1n) is 9.07. The molecule has 2 aromatic carbocycles. The largest absolute Gasteiger partial charge is 0.324 e. The van der Waals surface area contributed by atoms with E-state index in [-0.39, 0.29) is 16.4 Å². The fraction of sp³-hybridized carbons (Fsp3) is 0.238. The number of aryl methyl sites for hydroxylation is 1. The van der Waals surface area contributed by atoms with Crippen LogP contribution < -0.4 is 10.9 Å². The molecule has 29 heavy (non-hydrogen) atoms. The number of nitrogens with zero attached hydrogens (tertiary/aromatic N) is 2. The maximum Gasteiger partial charge on any atom is 0.252 e. The molecule has 7 nitrogen and oxygen atoms in total. The van der Waals surface area contributed by atoms with Crippen molar-refractivity contribution in [1.29, 1.82) is 0 Å². The summed E-state index contributed by atoms with van der Waals surface area (Å²) in [6.07, 6.45) is 0. The van der Waals surface area contributed by atoms with Gasteiger partial charge in [0.2, 0.25) is 15.9 Å². The molecule has 0 spiro atoms. The predicted octanol–water partition coefficient (Wildman–Crippen LogP) is 2.76. The monoisotopic (exact) mass is 413 g/mol. The number of aromatic nitrogens is 1. The number of pyridine rings is 1. The van der Waals surface area contributed by atoms with Gasteiger partial charge in [0, 0.05) is 31.2 Å². The number of para-hydroxylation sites is 1. The number of carbonyl (C=O) groups is 1. The van der Waals surface area contributed by atoms with E-state index in [1.807, 2.05) is 31.2 Å². The van der Waals surface area contributed by atoms with E-state index in [4.69, 9.17) is 0 Å². The zero-order valence-electron chi connectivity index (χ0n) is 16.7. The smallest absolute Gasteiger partial charge is 0.252 e. The Bertz CT molecular complexity index is 1230. The molecule has 0 aliphatic heterocycles. The van der Waals surface area contributed by atoms with Gasteiger partial charge in [-0.15, -0.1) is 0 Å². The van der Waals surface area contributed by atoms with Crippen LogP contribution in [-0.2, 0) is 14.8 Å². The normalized spacial score (nSPS) is 12.9. The van der Waals surface area contributed by atoms with Crippen LogP contribution in [0.1, 0.15) is 18.5 Å². The Morgan fingerprint density at radius 1 is 1.07 bits per heavy atom. The van der Waals surface area contributed by atoms with Gasteiger partial charge in [-0.1, -0.05) is 18.2 Å². The number of benzene rings is 2. The van der Waals surface area contributed by atoms with Crippen LogP contribution in [0.2, 0.25) is 0 Å².